The maximum atomic E-state index is 13.9. The minimum Gasteiger partial charge on any atom is -0.491 e. The molecular weight excluding hydrogens is 865 g/mol. The fourth-order valence-corrected chi connectivity index (χ4v) is 8.37. The second-order valence-corrected chi connectivity index (χ2v) is 16.3. The first-order chi connectivity index (χ1) is 32.2. The Balaban J connectivity index is 1.19. The molecule has 22 nitrogen and oxygen atoms in total. The minimum atomic E-state index is -0.697. The third kappa shape index (κ3) is 10.5. The molecule has 0 aliphatic carbocycles. The van der Waals surface area contributed by atoms with Crippen molar-refractivity contribution in [3.63, 3.8) is 0 Å². The van der Waals surface area contributed by atoms with Gasteiger partial charge in [0, 0.05) is 56.9 Å². The van der Waals surface area contributed by atoms with Gasteiger partial charge in [0.2, 0.25) is 29.6 Å². The van der Waals surface area contributed by atoms with Gasteiger partial charge in [-0.2, -0.15) is 10.2 Å². The van der Waals surface area contributed by atoms with Crippen LogP contribution in [0.1, 0.15) is 106 Å². The van der Waals surface area contributed by atoms with Crippen molar-refractivity contribution in [3.05, 3.63) is 70.3 Å². The molecule has 356 valence electrons. The van der Waals surface area contributed by atoms with Crippen LogP contribution in [-0.4, -0.2) is 114 Å². The summed E-state index contributed by atoms with van der Waals surface area (Å²) in [5.41, 5.74) is 15.7. The molecule has 5 heterocycles. The lowest BCUT2D eigenvalue weighted by Gasteiger charge is -2.27. The van der Waals surface area contributed by atoms with E-state index in [1.165, 1.54) is 0 Å². The SMILES string of the molecule is CCN[C@H](COC)CC(=O)NCCCOc1cc(C(N)=O)cc2nc(NC(=O)c3cc(C)nn3CC)n(CCC[C@H]3COc4cc(C(N)=O)cc5nc(NC(=O)c6cc(C)nn6CC)n3c45)c12. The molecule has 0 unspecified atom stereocenters. The zero-order valence-electron chi connectivity index (χ0n) is 38.6. The quantitative estimate of drug-likeness (QED) is 0.0503. The highest BCUT2D eigenvalue weighted by atomic mass is 16.5. The number of nitrogens with two attached hydrogens (primary N) is 2. The van der Waals surface area contributed by atoms with Gasteiger partial charge in [0.05, 0.1) is 41.7 Å². The lowest BCUT2D eigenvalue weighted by Crippen LogP contribution is -2.38. The van der Waals surface area contributed by atoms with E-state index < -0.39 is 23.6 Å². The van der Waals surface area contributed by atoms with Crippen LogP contribution in [0.4, 0.5) is 11.9 Å². The Hall–Kier alpha value is -7.33. The van der Waals surface area contributed by atoms with E-state index in [2.05, 4.69) is 31.5 Å². The number of fused-ring (bicyclic) bond motifs is 1. The maximum absolute atomic E-state index is 13.9. The smallest absolute Gasteiger partial charge is 0.276 e. The third-order valence-electron chi connectivity index (χ3n) is 11.4. The number of primary amides is 2. The summed E-state index contributed by atoms with van der Waals surface area (Å²) < 4.78 is 24.8. The van der Waals surface area contributed by atoms with Gasteiger partial charge in [-0.05, 0) is 89.9 Å². The Morgan fingerprint density at radius 1 is 0.821 bits per heavy atom. The fraction of sp³-hybridized carbons (Fsp3) is 0.444. The average molecular weight is 923 g/mol. The van der Waals surface area contributed by atoms with Crippen molar-refractivity contribution < 1.29 is 38.2 Å². The second-order valence-electron chi connectivity index (χ2n) is 16.3. The van der Waals surface area contributed by atoms with Crippen molar-refractivity contribution >= 4 is 63.5 Å². The van der Waals surface area contributed by atoms with Crippen LogP contribution >= 0.6 is 0 Å². The highest BCUT2D eigenvalue weighted by molar-refractivity contribution is 6.05. The molecule has 0 spiro atoms. The highest BCUT2D eigenvalue weighted by Gasteiger charge is 2.30. The standard InChI is InChI=1S/C45H58N14O8/c1-7-48-29(23-65-6)22-37(60)49-13-11-15-66-35-20-27(40(46)61)18-31-38(35)56(44(50-31)52-42(63)33-16-25(4)54-57(33)8-2)14-10-12-30-24-67-36-21-28(41(47)62)19-32-39(36)59(30)45(51-32)53-43(64)34-17-26(5)55-58(34)9-3/h16-21,29-30,48H,7-15,22-24H2,1-6H3,(H2,46,61)(H2,47,62)(H,49,60)(H,50,52,63)(H,51,53,64)/t29-,30-/m0/s1. The molecule has 0 saturated heterocycles. The van der Waals surface area contributed by atoms with Gasteiger partial charge in [-0.1, -0.05) is 6.92 Å². The van der Waals surface area contributed by atoms with Gasteiger partial charge in [-0.15, -0.1) is 0 Å². The van der Waals surface area contributed by atoms with Gasteiger partial charge < -0.3 is 45.4 Å². The summed E-state index contributed by atoms with van der Waals surface area (Å²) >= 11 is 0. The summed E-state index contributed by atoms with van der Waals surface area (Å²) in [4.78, 5) is 74.9. The number of nitrogens with zero attached hydrogens (tertiary/aromatic N) is 8. The van der Waals surface area contributed by atoms with E-state index in [0.717, 1.165) is 0 Å². The fourth-order valence-electron chi connectivity index (χ4n) is 8.37. The molecule has 0 radical (unpaired) electrons. The Morgan fingerprint density at radius 2 is 1.43 bits per heavy atom. The van der Waals surface area contributed by atoms with E-state index in [0.29, 0.717) is 108 Å². The van der Waals surface area contributed by atoms with Crippen molar-refractivity contribution in [1.82, 2.24) is 49.3 Å². The van der Waals surface area contributed by atoms with Crippen LogP contribution < -0.4 is 42.2 Å². The van der Waals surface area contributed by atoms with E-state index in [1.54, 1.807) is 59.8 Å². The van der Waals surface area contributed by atoms with Gasteiger partial charge in [-0.25, -0.2) is 9.97 Å². The van der Waals surface area contributed by atoms with Crippen LogP contribution in [0.15, 0.2) is 36.4 Å². The molecule has 1 aliphatic rings. The number of hydrogen-bond acceptors (Lipinski definition) is 13. The molecule has 67 heavy (non-hydrogen) atoms. The first-order valence-electron chi connectivity index (χ1n) is 22.4. The van der Waals surface area contributed by atoms with Crippen molar-refractivity contribution in [1.29, 1.82) is 0 Å². The molecule has 7 rings (SSSR count). The van der Waals surface area contributed by atoms with Crippen molar-refractivity contribution in [2.24, 2.45) is 11.5 Å². The van der Waals surface area contributed by atoms with Crippen molar-refractivity contribution in [2.75, 3.05) is 50.7 Å². The molecular formula is C45H58N14O8. The monoisotopic (exact) mass is 922 g/mol. The number of aromatic nitrogens is 8. The Bertz CT molecular complexity index is 2820. The molecule has 22 heteroatoms. The highest BCUT2D eigenvalue weighted by Crippen LogP contribution is 2.39. The lowest BCUT2D eigenvalue weighted by molar-refractivity contribution is -0.121. The van der Waals surface area contributed by atoms with Gasteiger partial charge in [0.1, 0.15) is 40.5 Å². The van der Waals surface area contributed by atoms with Crippen LogP contribution in [-0.2, 0) is 29.2 Å². The summed E-state index contributed by atoms with van der Waals surface area (Å²) in [6, 6.07) is 9.13. The number of likely N-dealkylation sites (N-methyl/N-ethyl adjacent to an activating group) is 1. The van der Waals surface area contributed by atoms with Gasteiger partial charge in [0.15, 0.2) is 0 Å². The zero-order valence-corrected chi connectivity index (χ0v) is 38.6. The lowest BCUT2D eigenvalue weighted by atomic mass is 10.1. The number of amides is 5. The van der Waals surface area contributed by atoms with Crippen LogP contribution in [0.25, 0.3) is 22.1 Å². The molecule has 2 aromatic carbocycles. The Labute approximate surface area is 386 Å². The number of anilines is 2. The van der Waals surface area contributed by atoms with Crippen molar-refractivity contribution in [3.8, 4) is 11.5 Å². The summed E-state index contributed by atoms with van der Waals surface area (Å²) in [5, 5.41) is 21.0. The molecule has 1 aliphatic heterocycles. The third-order valence-corrected chi connectivity index (χ3v) is 11.4. The predicted molar refractivity (Wildman–Crippen MR) is 249 cm³/mol. The summed E-state index contributed by atoms with van der Waals surface area (Å²) in [6.45, 7) is 12.3. The van der Waals surface area contributed by atoms with Gasteiger partial charge in [0.25, 0.3) is 11.8 Å². The molecule has 5 amide bonds. The maximum Gasteiger partial charge on any atom is 0.276 e. The number of hydrogen-bond donors (Lipinski definition) is 6. The average Bonchev–Trinajstić information content (AvgIpc) is 4.07. The number of nitrogens with one attached hydrogen (secondary N) is 4. The number of ether oxygens (including phenoxy) is 3. The summed E-state index contributed by atoms with van der Waals surface area (Å²) in [6.07, 6.45) is 1.63. The number of imidazole rings is 2. The first kappa shape index (κ1) is 47.6. The molecule has 0 saturated carbocycles. The van der Waals surface area contributed by atoms with E-state index in [-0.39, 0.29) is 67.2 Å². The number of aryl methyl sites for hydroxylation is 5. The summed E-state index contributed by atoms with van der Waals surface area (Å²) in [5.74, 6) is -1.20. The van der Waals surface area contributed by atoms with Gasteiger partial charge >= 0.3 is 0 Å². The van der Waals surface area contributed by atoms with Crippen LogP contribution in [0.5, 0.6) is 11.5 Å². The molecule has 8 N–H and O–H groups in total. The Kier molecular flexibility index (Phi) is 14.8. The summed E-state index contributed by atoms with van der Waals surface area (Å²) in [7, 11) is 1.59. The molecule has 0 bridgehead atoms. The topological polar surface area (TPSA) is 284 Å². The molecule has 0 fully saturated rings. The molecule has 2 atom stereocenters. The largest absolute Gasteiger partial charge is 0.491 e. The van der Waals surface area contributed by atoms with Crippen LogP contribution in [0.3, 0.4) is 0 Å². The second kappa shape index (κ2) is 20.9. The van der Waals surface area contributed by atoms with E-state index in [4.69, 9.17) is 35.6 Å². The zero-order chi connectivity index (χ0) is 47.9. The van der Waals surface area contributed by atoms with E-state index >= 15 is 0 Å². The van der Waals surface area contributed by atoms with Gasteiger partial charge in [-0.3, -0.25) is 44.0 Å². The number of rotatable bonds is 23. The predicted octanol–water partition coefficient (Wildman–Crippen LogP) is 3.45. The van der Waals surface area contributed by atoms with E-state index in [1.807, 2.05) is 36.8 Å². The Morgan fingerprint density at radius 3 is 2.04 bits per heavy atom. The number of methoxy groups -OCH3 is 1. The van der Waals surface area contributed by atoms with Crippen LogP contribution in [0.2, 0.25) is 0 Å². The van der Waals surface area contributed by atoms with Crippen LogP contribution in [0, 0.1) is 13.8 Å². The molecule has 6 aromatic rings. The minimum absolute atomic E-state index is 0.120. The number of carbonyl (C=O) groups is 5. The molecule has 4 aromatic heterocycles. The van der Waals surface area contributed by atoms with Crippen molar-refractivity contribution in [2.45, 2.75) is 92.0 Å². The number of carbonyl (C=O) groups excluding carboxylic acids is 5. The van der Waals surface area contributed by atoms with E-state index in [9.17, 15) is 24.0 Å². The normalized spacial score (nSPS) is 13.7. The first-order valence-corrected chi connectivity index (χ1v) is 22.4. The number of benzene rings is 2.